The predicted octanol–water partition coefficient (Wildman–Crippen LogP) is 4.58. The number of nitrogens with one attached hydrogen (secondary N) is 2. The average molecular weight is 466 g/mol. The van der Waals surface area contributed by atoms with Gasteiger partial charge < -0.3 is 20.0 Å². The molecule has 0 aliphatic rings. The van der Waals surface area contributed by atoms with Crippen LogP contribution in [0, 0.1) is 0 Å². The van der Waals surface area contributed by atoms with E-state index in [2.05, 4.69) is 10.3 Å². The molecule has 6 heteroatoms. The zero-order valence-electron chi connectivity index (χ0n) is 19.7. The molecule has 5 aromatic rings. The molecule has 3 aromatic carbocycles. The lowest BCUT2D eigenvalue weighted by atomic mass is 9.85. The minimum atomic E-state index is -0.528. The molecule has 0 saturated heterocycles. The first kappa shape index (κ1) is 22.5. The maximum Gasteiger partial charge on any atom is 0.258 e. The summed E-state index contributed by atoms with van der Waals surface area (Å²) < 4.78 is 1.60. The number of fused-ring (bicyclic) bond motifs is 2. The maximum absolute atomic E-state index is 13.8. The Bertz CT molecular complexity index is 1600. The number of H-pyrrole nitrogens is 1. The molecule has 0 spiro atoms. The predicted molar refractivity (Wildman–Crippen MR) is 139 cm³/mol. The van der Waals surface area contributed by atoms with Crippen LogP contribution in [0.1, 0.15) is 35.2 Å². The average Bonchev–Trinajstić information content (AvgIpc) is 3.23. The van der Waals surface area contributed by atoms with Gasteiger partial charge in [0.15, 0.2) is 0 Å². The molecule has 2 heterocycles. The molecule has 0 bridgehead atoms. The number of aromatic nitrogens is 2. The standard InChI is InChI=1S/C29H27N3O3/c1-18(33)30-17-16-21-20-12-6-8-14-23(20)31-27(21)25(19-10-4-3-5-11-19)26-28(34)22-13-7-9-15-24(22)32(2)29(26)35/h3-15,25,31,34H,16-17H2,1-2H3,(H,30,33)/t25-/m1/s1. The second-order valence-corrected chi connectivity index (χ2v) is 8.78. The third-order valence-electron chi connectivity index (χ3n) is 6.62. The molecule has 0 radical (unpaired) electrons. The van der Waals surface area contributed by atoms with E-state index in [9.17, 15) is 14.7 Å². The van der Waals surface area contributed by atoms with Gasteiger partial charge in [0.25, 0.3) is 5.56 Å². The van der Waals surface area contributed by atoms with Crippen molar-refractivity contribution in [3.63, 3.8) is 0 Å². The topological polar surface area (TPSA) is 87.1 Å². The number of benzene rings is 3. The Labute approximate surface area is 202 Å². The molecule has 2 aromatic heterocycles. The van der Waals surface area contributed by atoms with Crippen LogP contribution in [0.4, 0.5) is 0 Å². The summed E-state index contributed by atoms with van der Waals surface area (Å²) >= 11 is 0. The second kappa shape index (κ2) is 9.14. The molecule has 176 valence electrons. The number of aromatic hydroxyl groups is 1. The Kier molecular flexibility index (Phi) is 5.87. The van der Waals surface area contributed by atoms with E-state index in [0.717, 1.165) is 27.7 Å². The van der Waals surface area contributed by atoms with Gasteiger partial charge in [0, 0.05) is 42.5 Å². The normalized spacial score (nSPS) is 12.2. The summed E-state index contributed by atoms with van der Waals surface area (Å²) in [4.78, 5) is 28.9. The van der Waals surface area contributed by atoms with Crippen LogP contribution in [0.2, 0.25) is 0 Å². The monoisotopic (exact) mass is 465 g/mol. The van der Waals surface area contributed by atoms with Gasteiger partial charge in [-0.25, -0.2) is 0 Å². The number of aromatic amines is 1. The van der Waals surface area contributed by atoms with Crippen molar-refractivity contribution >= 4 is 27.7 Å². The summed E-state index contributed by atoms with van der Waals surface area (Å²) in [6.45, 7) is 1.97. The van der Waals surface area contributed by atoms with Crippen LogP contribution in [0.25, 0.3) is 21.8 Å². The fourth-order valence-electron chi connectivity index (χ4n) is 4.99. The van der Waals surface area contributed by atoms with Gasteiger partial charge in [0.05, 0.1) is 17.0 Å². The molecule has 0 unspecified atom stereocenters. The first-order valence-corrected chi connectivity index (χ1v) is 11.7. The van der Waals surface area contributed by atoms with Crippen molar-refractivity contribution in [1.29, 1.82) is 0 Å². The first-order valence-electron chi connectivity index (χ1n) is 11.7. The number of nitrogens with zero attached hydrogens (tertiary/aromatic N) is 1. The number of hydrogen-bond donors (Lipinski definition) is 3. The van der Waals surface area contributed by atoms with Gasteiger partial charge in [0.1, 0.15) is 5.75 Å². The van der Waals surface area contributed by atoms with E-state index in [0.29, 0.717) is 29.4 Å². The molecule has 1 amide bonds. The number of hydrogen-bond acceptors (Lipinski definition) is 3. The number of amides is 1. The van der Waals surface area contributed by atoms with Gasteiger partial charge in [-0.2, -0.15) is 0 Å². The summed E-state index contributed by atoms with van der Waals surface area (Å²) in [6, 6.07) is 25.1. The van der Waals surface area contributed by atoms with Crippen LogP contribution in [0.15, 0.2) is 83.7 Å². The Balaban J connectivity index is 1.82. The van der Waals surface area contributed by atoms with E-state index in [4.69, 9.17) is 0 Å². The summed E-state index contributed by atoms with van der Waals surface area (Å²) in [5.74, 6) is -0.629. The molecule has 0 fully saturated rings. The zero-order chi connectivity index (χ0) is 24.5. The highest BCUT2D eigenvalue weighted by atomic mass is 16.3. The van der Waals surface area contributed by atoms with Gasteiger partial charge in [0.2, 0.25) is 5.91 Å². The van der Waals surface area contributed by atoms with Gasteiger partial charge in [-0.1, -0.05) is 60.7 Å². The molecule has 3 N–H and O–H groups in total. The summed E-state index contributed by atoms with van der Waals surface area (Å²) in [6.07, 6.45) is 0.580. The largest absolute Gasteiger partial charge is 0.507 e. The van der Waals surface area contributed by atoms with Gasteiger partial charge in [-0.05, 0) is 35.7 Å². The molecule has 1 atom stereocenters. The third kappa shape index (κ3) is 3.97. The summed E-state index contributed by atoms with van der Waals surface area (Å²) in [5, 5.41) is 16.0. The van der Waals surface area contributed by atoms with Crippen LogP contribution >= 0.6 is 0 Å². The van der Waals surface area contributed by atoms with E-state index in [1.165, 1.54) is 6.92 Å². The van der Waals surface area contributed by atoms with Crippen molar-refractivity contribution in [3.8, 4) is 5.75 Å². The SMILES string of the molecule is CC(=O)NCCc1c([C@H](c2ccccc2)c2c(O)c3ccccc3n(C)c2=O)[nH]c2ccccc12. The van der Waals surface area contributed by atoms with E-state index in [-0.39, 0.29) is 17.2 Å². The van der Waals surface area contributed by atoms with Gasteiger partial charge in [-0.15, -0.1) is 0 Å². The lowest BCUT2D eigenvalue weighted by Crippen LogP contribution is -2.26. The smallest absolute Gasteiger partial charge is 0.258 e. The number of aryl methyl sites for hydroxylation is 1. The molecular weight excluding hydrogens is 438 g/mol. The van der Waals surface area contributed by atoms with Crippen molar-refractivity contribution in [1.82, 2.24) is 14.9 Å². The molecule has 35 heavy (non-hydrogen) atoms. The highest BCUT2D eigenvalue weighted by Crippen LogP contribution is 2.40. The number of rotatable bonds is 6. The van der Waals surface area contributed by atoms with Crippen LogP contribution in [-0.2, 0) is 18.3 Å². The number of pyridine rings is 1. The Morgan fingerprint density at radius 1 is 0.971 bits per heavy atom. The van der Waals surface area contributed by atoms with E-state index < -0.39 is 5.92 Å². The van der Waals surface area contributed by atoms with Crippen LogP contribution < -0.4 is 10.9 Å². The number of carbonyl (C=O) groups excluding carboxylic acids is 1. The van der Waals surface area contributed by atoms with E-state index in [1.54, 1.807) is 11.6 Å². The molecule has 0 aliphatic carbocycles. The van der Waals surface area contributed by atoms with Crippen molar-refractivity contribution in [2.45, 2.75) is 19.3 Å². The molecular formula is C29H27N3O3. The summed E-state index contributed by atoms with van der Waals surface area (Å²) in [5.41, 5.74) is 4.43. The fourth-order valence-corrected chi connectivity index (χ4v) is 4.99. The van der Waals surface area contributed by atoms with Crippen molar-refractivity contribution in [3.05, 3.63) is 112 Å². The first-order chi connectivity index (χ1) is 17.0. The highest BCUT2D eigenvalue weighted by Gasteiger charge is 2.30. The van der Waals surface area contributed by atoms with Gasteiger partial charge >= 0.3 is 0 Å². The molecule has 0 saturated carbocycles. The fraction of sp³-hybridized carbons (Fsp3) is 0.172. The summed E-state index contributed by atoms with van der Waals surface area (Å²) in [7, 11) is 1.73. The van der Waals surface area contributed by atoms with Gasteiger partial charge in [-0.3, -0.25) is 9.59 Å². The van der Waals surface area contributed by atoms with Crippen LogP contribution in [0.3, 0.4) is 0 Å². The molecule has 5 rings (SSSR count). The van der Waals surface area contributed by atoms with E-state index in [1.807, 2.05) is 78.9 Å². The Morgan fingerprint density at radius 3 is 2.37 bits per heavy atom. The Hall–Kier alpha value is -4.32. The zero-order valence-corrected chi connectivity index (χ0v) is 19.7. The molecule has 0 aliphatic heterocycles. The Morgan fingerprint density at radius 2 is 1.63 bits per heavy atom. The van der Waals surface area contributed by atoms with Crippen molar-refractivity contribution in [2.75, 3.05) is 6.54 Å². The van der Waals surface area contributed by atoms with E-state index >= 15 is 0 Å². The number of para-hydroxylation sites is 2. The quantitative estimate of drug-likeness (QED) is 0.343. The lowest BCUT2D eigenvalue weighted by Gasteiger charge is -2.22. The second-order valence-electron chi connectivity index (χ2n) is 8.78. The number of carbonyl (C=O) groups is 1. The maximum atomic E-state index is 13.8. The van der Waals surface area contributed by atoms with Crippen molar-refractivity contribution < 1.29 is 9.90 Å². The van der Waals surface area contributed by atoms with Crippen molar-refractivity contribution in [2.24, 2.45) is 7.05 Å². The third-order valence-corrected chi connectivity index (χ3v) is 6.62. The molecule has 6 nitrogen and oxygen atoms in total. The minimum absolute atomic E-state index is 0.0102. The van der Waals surface area contributed by atoms with Crippen LogP contribution in [-0.4, -0.2) is 27.1 Å². The van der Waals surface area contributed by atoms with Crippen LogP contribution in [0.5, 0.6) is 5.75 Å². The highest BCUT2D eigenvalue weighted by molar-refractivity contribution is 5.88. The minimum Gasteiger partial charge on any atom is -0.507 e. The lowest BCUT2D eigenvalue weighted by molar-refractivity contribution is -0.118.